The number of carbonyl (C=O) groups excluding carboxylic acids is 3. The first-order valence-electron chi connectivity index (χ1n) is 9.29. The van der Waals surface area contributed by atoms with Crippen LogP contribution < -0.4 is 4.90 Å². The van der Waals surface area contributed by atoms with Crippen molar-refractivity contribution in [3.63, 3.8) is 0 Å². The summed E-state index contributed by atoms with van der Waals surface area (Å²) < 4.78 is 57.6. The van der Waals surface area contributed by atoms with Gasteiger partial charge in [0.25, 0.3) is 0 Å². The molecule has 4 rings (SSSR count). The highest BCUT2D eigenvalue weighted by Crippen LogP contribution is 2.59. The molecule has 4 aliphatic rings. The molecule has 2 bridgehead atoms. The van der Waals surface area contributed by atoms with Gasteiger partial charge in [-0.3, -0.25) is 9.59 Å². The fourth-order valence-electron chi connectivity index (χ4n) is 4.95. The van der Waals surface area contributed by atoms with E-state index in [1.807, 2.05) is 0 Å². The highest BCUT2D eigenvalue weighted by atomic mass is 19.4. The van der Waals surface area contributed by atoms with E-state index < -0.39 is 60.7 Å². The first-order chi connectivity index (χ1) is 13.2. The lowest BCUT2D eigenvalue weighted by Gasteiger charge is -2.31. The second kappa shape index (κ2) is 7.18. The van der Waals surface area contributed by atoms with Gasteiger partial charge in [0.15, 0.2) is 13.2 Å². The van der Waals surface area contributed by atoms with Gasteiger partial charge in [-0.25, -0.2) is 4.79 Å². The zero-order valence-corrected chi connectivity index (χ0v) is 14.9. The molecule has 1 N–H and O–H groups in total. The summed E-state index contributed by atoms with van der Waals surface area (Å²) in [4.78, 5) is 37.8. The second-order valence-electron chi connectivity index (χ2n) is 7.73. The Morgan fingerprint density at radius 1 is 1.18 bits per heavy atom. The van der Waals surface area contributed by atoms with Gasteiger partial charge in [0, 0.05) is 11.8 Å². The van der Waals surface area contributed by atoms with Gasteiger partial charge in [-0.2, -0.15) is 13.2 Å². The molecule has 0 amide bonds. The molecule has 0 spiro atoms. The lowest BCUT2D eigenvalue weighted by molar-refractivity contribution is -0.900. The second-order valence-corrected chi connectivity index (χ2v) is 7.73. The predicted molar refractivity (Wildman–Crippen MR) is 81.7 cm³/mol. The van der Waals surface area contributed by atoms with Crippen LogP contribution in [0.3, 0.4) is 0 Å². The molecule has 0 aromatic heterocycles. The number of halogens is 3. The average Bonchev–Trinajstić information content (AvgIpc) is 3.23. The van der Waals surface area contributed by atoms with Crippen LogP contribution in [-0.2, 0) is 33.3 Å². The van der Waals surface area contributed by atoms with Crippen LogP contribution in [0.15, 0.2) is 0 Å². The third kappa shape index (κ3) is 3.57. The standard InChI is InChI=1S/C17H20F3NO7/c18-17(19,20)7-26-15(23)11-8-5-9-12(11)16(24)28-14(9)13(8)27-10(22)6-21-1-3-25-4-2-21/h8-9,11-14H,1-7H2/p+1. The zero-order chi connectivity index (χ0) is 20.1. The SMILES string of the molecule is O=C(C[NH+]1CCOCC1)OC1C2CC3C1OC(=O)C3C2C(=O)OCC(F)(F)F. The molecule has 2 saturated carbocycles. The fraction of sp³-hybridized carbons (Fsp3) is 0.824. The highest BCUT2D eigenvalue weighted by Gasteiger charge is 2.70. The Kier molecular flexibility index (Phi) is 4.98. The van der Waals surface area contributed by atoms with Gasteiger partial charge >= 0.3 is 24.1 Å². The number of esters is 3. The van der Waals surface area contributed by atoms with Crippen molar-refractivity contribution in [3.8, 4) is 0 Å². The molecule has 4 fully saturated rings. The quantitative estimate of drug-likeness (QED) is 0.448. The molecule has 2 aliphatic heterocycles. The van der Waals surface area contributed by atoms with Gasteiger partial charge < -0.3 is 23.8 Å². The lowest BCUT2D eigenvalue weighted by Crippen LogP contribution is -3.15. The molecule has 8 nitrogen and oxygen atoms in total. The van der Waals surface area contributed by atoms with Crippen LogP contribution in [0, 0.1) is 23.7 Å². The molecular weight excluding hydrogens is 387 g/mol. The zero-order valence-electron chi connectivity index (χ0n) is 14.9. The summed E-state index contributed by atoms with van der Waals surface area (Å²) in [6, 6.07) is 0. The van der Waals surface area contributed by atoms with Crippen LogP contribution in [0.25, 0.3) is 0 Å². The maximum atomic E-state index is 12.4. The normalized spacial score (nSPS) is 37.0. The highest BCUT2D eigenvalue weighted by molar-refractivity contribution is 5.86. The molecule has 11 heteroatoms. The van der Waals surface area contributed by atoms with Gasteiger partial charge in [-0.15, -0.1) is 0 Å². The summed E-state index contributed by atoms with van der Waals surface area (Å²) >= 11 is 0. The van der Waals surface area contributed by atoms with Crippen molar-refractivity contribution >= 4 is 17.9 Å². The van der Waals surface area contributed by atoms with Crippen molar-refractivity contribution in [2.24, 2.45) is 23.7 Å². The first-order valence-corrected chi connectivity index (χ1v) is 9.29. The van der Waals surface area contributed by atoms with Crippen LogP contribution in [0.5, 0.6) is 0 Å². The lowest BCUT2D eigenvalue weighted by atomic mass is 9.78. The van der Waals surface area contributed by atoms with E-state index >= 15 is 0 Å². The van der Waals surface area contributed by atoms with Gasteiger partial charge in [-0.05, 0) is 6.42 Å². The summed E-state index contributed by atoms with van der Waals surface area (Å²) in [6.07, 6.45) is -5.74. The predicted octanol–water partition coefficient (Wildman–Crippen LogP) is -1.27. The Hall–Kier alpha value is -1.88. The van der Waals surface area contributed by atoms with E-state index in [-0.39, 0.29) is 12.5 Å². The molecule has 28 heavy (non-hydrogen) atoms. The van der Waals surface area contributed by atoms with Gasteiger partial charge in [0.05, 0.1) is 25.0 Å². The molecule has 0 aromatic rings. The molecule has 2 aliphatic carbocycles. The third-order valence-electron chi connectivity index (χ3n) is 6.06. The number of carbonyl (C=O) groups is 3. The van der Waals surface area contributed by atoms with Crippen LogP contribution in [-0.4, -0.2) is 75.7 Å². The number of rotatable bonds is 5. The van der Waals surface area contributed by atoms with E-state index in [2.05, 4.69) is 4.74 Å². The Balaban J connectivity index is 1.42. The fourth-order valence-corrected chi connectivity index (χ4v) is 4.95. The summed E-state index contributed by atoms with van der Waals surface area (Å²) in [7, 11) is 0. The van der Waals surface area contributed by atoms with Gasteiger partial charge in [-0.1, -0.05) is 0 Å². The number of quaternary nitrogens is 1. The molecule has 6 unspecified atom stereocenters. The number of ether oxygens (including phenoxy) is 4. The maximum absolute atomic E-state index is 12.4. The first kappa shape index (κ1) is 19.4. The Morgan fingerprint density at radius 2 is 1.89 bits per heavy atom. The number of morpholine rings is 1. The average molecular weight is 408 g/mol. The van der Waals surface area contributed by atoms with Crippen LogP contribution in [0.1, 0.15) is 6.42 Å². The third-order valence-corrected chi connectivity index (χ3v) is 6.06. The van der Waals surface area contributed by atoms with E-state index in [9.17, 15) is 27.6 Å². The Labute approximate surface area is 158 Å². The van der Waals surface area contributed by atoms with E-state index in [0.29, 0.717) is 32.7 Å². The van der Waals surface area contributed by atoms with Crippen molar-refractivity contribution in [3.05, 3.63) is 0 Å². The molecule has 156 valence electrons. The topological polar surface area (TPSA) is 92.6 Å². The largest absolute Gasteiger partial charge is 0.458 e. The monoisotopic (exact) mass is 408 g/mol. The summed E-state index contributed by atoms with van der Waals surface area (Å²) in [5.74, 6) is -5.03. The molecular formula is C17H21F3NO7+. The number of hydrogen-bond acceptors (Lipinski definition) is 7. The molecule has 2 heterocycles. The van der Waals surface area contributed by atoms with Crippen LogP contribution in [0.2, 0.25) is 0 Å². The van der Waals surface area contributed by atoms with Crippen molar-refractivity contribution in [2.75, 3.05) is 39.5 Å². The molecule has 0 radical (unpaired) electrons. The van der Waals surface area contributed by atoms with Gasteiger partial charge in [0.2, 0.25) is 0 Å². The van der Waals surface area contributed by atoms with E-state index in [1.165, 1.54) is 0 Å². The summed E-state index contributed by atoms with van der Waals surface area (Å²) in [5, 5.41) is 0. The molecule has 2 saturated heterocycles. The van der Waals surface area contributed by atoms with Gasteiger partial charge in [0.1, 0.15) is 25.3 Å². The summed E-state index contributed by atoms with van der Waals surface area (Å²) in [5.41, 5.74) is 0. The van der Waals surface area contributed by atoms with E-state index in [4.69, 9.17) is 14.2 Å². The van der Waals surface area contributed by atoms with Crippen molar-refractivity contribution in [1.82, 2.24) is 0 Å². The minimum absolute atomic E-state index is 0.116. The van der Waals surface area contributed by atoms with Crippen molar-refractivity contribution in [1.29, 1.82) is 0 Å². The Morgan fingerprint density at radius 3 is 2.57 bits per heavy atom. The molecule has 6 atom stereocenters. The molecule has 0 aromatic carbocycles. The number of hydrogen-bond donors (Lipinski definition) is 1. The van der Waals surface area contributed by atoms with E-state index in [1.54, 1.807) is 0 Å². The number of fused-ring (bicyclic) bond motifs is 1. The van der Waals surface area contributed by atoms with Crippen LogP contribution in [0.4, 0.5) is 13.2 Å². The minimum Gasteiger partial charge on any atom is -0.458 e. The van der Waals surface area contributed by atoms with Crippen molar-refractivity contribution < 1.29 is 51.4 Å². The summed E-state index contributed by atoms with van der Waals surface area (Å²) in [6.45, 7) is 0.829. The number of nitrogens with one attached hydrogen (secondary N) is 1. The van der Waals surface area contributed by atoms with Crippen LogP contribution >= 0.6 is 0 Å². The maximum Gasteiger partial charge on any atom is 0.422 e. The van der Waals surface area contributed by atoms with Crippen molar-refractivity contribution in [2.45, 2.75) is 24.8 Å². The minimum atomic E-state index is -4.65. The smallest absolute Gasteiger partial charge is 0.422 e. The Bertz CT molecular complexity index is 664. The number of alkyl halides is 3. The van der Waals surface area contributed by atoms with E-state index in [0.717, 1.165) is 4.90 Å².